The zero-order valence-corrected chi connectivity index (χ0v) is 11.4. The number of aryl methyl sites for hydroxylation is 3. The highest BCUT2D eigenvalue weighted by molar-refractivity contribution is 5.69. The lowest BCUT2D eigenvalue weighted by Gasteiger charge is -2.09. The summed E-state index contributed by atoms with van der Waals surface area (Å²) in [5.74, 6) is 0. The Hall–Kier alpha value is -1.97. The Labute approximate surface area is 113 Å². The molecule has 19 heavy (non-hydrogen) atoms. The molecule has 3 rings (SSSR count). The Morgan fingerprint density at radius 2 is 2.05 bits per heavy atom. The lowest BCUT2D eigenvalue weighted by molar-refractivity contribution is 0.664. The third-order valence-electron chi connectivity index (χ3n) is 3.70. The Morgan fingerprint density at radius 1 is 1.21 bits per heavy atom. The first-order valence-electron chi connectivity index (χ1n) is 6.75. The zero-order valence-electron chi connectivity index (χ0n) is 11.4. The van der Waals surface area contributed by atoms with E-state index in [9.17, 15) is 0 Å². The Bertz CT molecular complexity index is 625. The van der Waals surface area contributed by atoms with E-state index in [0.717, 1.165) is 24.1 Å². The fourth-order valence-corrected chi connectivity index (χ4v) is 2.66. The maximum Gasteiger partial charge on any atom is 0.116 e. The molecule has 1 aliphatic rings. The fraction of sp³-hybridized carbons (Fsp3) is 0.400. The molecule has 0 fully saturated rings. The average molecular weight is 254 g/mol. The summed E-state index contributed by atoms with van der Waals surface area (Å²) in [6, 6.07) is 0. The Balaban J connectivity index is 1.96. The standard InChI is InChI=1S/C15H18N4/c1-11-9-16-10-17-13(11)7-8-15-12-5-3-4-6-14(12)18-19(15)2/h7-10H,3-6H2,1-2H3. The highest BCUT2D eigenvalue weighted by Crippen LogP contribution is 2.25. The molecule has 0 bridgehead atoms. The average Bonchev–Trinajstić information content (AvgIpc) is 2.74. The molecule has 0 spiro atoms. The molecular weight excluding hydrogens is 236 g/mol. The number of hydrogen-bond donors (Lipinski definition) is 0. The van der Waals surface area contributed by atoms with E-state index in [2.05, 4.69) is 27.2 Å². The molecule has 98 valence electrons. The molecular formula is C15H18N4. The van der Waals surface area contributed by atoms with Gasteiger partial charge >= 0.3 is 0 Å². The van der Waals surface area contributed by atoms with Crippen molar-refractivity contribution in [2.75, 3.05) is 0 Å². The van der Waals surface area contributed by atoms with Gasteiger partial charge < -0.3 is 0 Å². The van der Waals surface area contributed by atoms with Crippen LogP contribution in [0.3, 0.4) is 0 Å². The molecule has 2 aromatic rings. The Kier molecular flexibility index (Phi) is 3.15. The highest BCUT2D eigenvalue weighted by Gasteiger charge is 2.17. The van der Waals surface area contributed by atoms with E-state index in [1.54, 1.807) is 6.33 Å². The van der Waals surface area contributed by atoms with Crippen molar-refractivity contribution >= 4 is 12.2 Å². The van der Waals surface area contributed by atoms with Crippen molar-refractivity contribution in [3.63, 3.8) is 0 Å². The minimum absolute atomic E-state index is 0.973. The summed E-state index contributed by atoms with van der Waals surface area (Å²) < 4.78 is 1.99. The van der Waals surface area contributed by atoms with Gasteiger partial charge in [-0.05, 0) is 50.3 Å². The predicted octanol–water partition coefficient (Wildman–Crippen LogP) is 2.57. The van der Waals surface area contributed by atoms with E-state index in [0.29, 0.717) is 0 Å². The zero-order chi connectivity index (χ0) is 13.2. The van der Waals surface area contributed by atoms with Crippen LogP contribution in [0.5, 0.6) is 0 Å². The van der Waals surface area contributed by atoms with Crippen LogP contribution in [0.1, 0.15) is 41.1 Å². The van der Waals surface area contributed by atoms with Gasteiger partial charge in [-0.1, -0.05) is 0 Å². The lowest BCUT2D eigenvalue weighted by atomic mass is 9.95. The van der Waals surface area contributed by atoms with Crippen molar-refractivity contribution in [2.45, 2.75) is 32.6 Å². The molecule has 0 aromatic carbocycles. The molecule has 2 heterocycles. The summed E-state index contributed by atoms with van der Waals surface area (Å²) >= 11 is 0. The van der Waals surface area contributed by atoms with Crippen LogP contribution >= 0.6 is 0 Å². The molecule has 0 unspecified atom stereocenters. The smallest absolute Gasteiger partial charge is 0.116 e. The van der Waals surface area contributed by atoms with Crippen LogP contribution in [0.2, 0.25) is 0 Å². The van der Waals surface area contributed by atoms with E-state index in [1.807, 2.05) is 24.9 Å². The molecule has 2 aromatic heterocycles. The summed E-state index contributed by atoms with van der Waals surface area (Å²) in [7, 11) is 2.02. The van der Waals surface area contributed by atoms with Gasteiger partial charge in [-0.3, -0.25) is 4.68 Å². The number of fused-ring (bicyclic) bond motifs is 1. The summed E-state index contributed by atoms with van der Waals surface area (Å²) in [6.45, 7) is 2.03. The van der Waals surface area contributed by atoms with Gasteiger partial charge in [-0.15, -0.1) is 0 Å². The second kappa shape index (κ2) is 4.96. The van der Waals surface area contributed by atoms with Crippen molar-refractivity contribution in [3.8, 4) is 0 Å². The molecule has 0 atom stereocenters. The van der Waals surface area contributed by atoms with Crippen molar-refractivity contribution in [2.24, 2.45) is 7.05 Å². The molecule has 0 saturated heterocycles. The van der Waals surface area contributed by atoms with Gasteiger partial charge in [0, 0.05) is 18.8 Å². The van der Waals surface area contributed by atoms with Gasteiger partial charge in [0.2, 0.25) is 0 Å². The van der Waals surface area contributed by atoms with Gasteiger partial charge in [-0.2, -0.15) is 5.10 Å². The molecule has 1 aliphatic carbocycles. The van der Waals surface area contributed by atoms with Crippen LogP contribution in [0, 0.1) is 6.92 Å². The van der Waals surface area contributed by atoms with Crippen LogP contribution in [-0.4, -0.2) is 19.7 Å². The minimum Gasteiger partial charge on any atom is -0.268 e. The summed E-state index contributed by atoms with van der Waals surface area (Å²) in [5, 5.41) is 4.62. The highest BCUT2D eigenvalue weighted by atomic mass is 15.3. The number of nitrogens with zero attached hydrogens (tertiary/aromatic N) is 4. The fourth-order valence-electron chi connectivity index (χ4n) is 2.66. The van der Waals surface area contributed by atoms with E-state index in [4.69, 9.17) is 0 Å². The van der Waals surface area contributed by atoms with Gasteiger partial charge in [0.1, 0.15) is 6.33 Å². The first-order valence-corrected chi connectivity index (χ1v) is 6.75. The largest absolute Gasteiger partial charge is 0.268 e. The van der Waals surface area contributed by atoms with Crippen LogP contribution in [0.4, 0.5) is 0 Å². The molecule has 4 nitrogen and oxygen atoms in total. The topological polar surface area (TPSA) is 43.6 Å². The van der Waals surface area contributed by atoms with Crippen molar-refractivity contribution < 1.29 is 0 Å². The second-order valence-corrected chi connectivity index (χ2v) is 5.07. The van der Waals surface area contributed by atoms with Crippen molar-refractivity contribution in [3.05, 3.63) is 40.7 Å². The number of hydrogen-bond acceptors (Lipinski definition) is 3. The second-order valence-electron chi connectivity index (χ2n) is 5.07. The van der Waals surface area contributed by atoms with Gasteiger partial charge in [0.05, 0.1) is 17.1 Å². The maximum atomic E-state index is 4.62. The monoisotopic (exact) mass is 254 g/mol. The first-order chi connectivity index (χ1) is 9.25. The van der Waals surface area contributed by atoms with E-state index in [1.165, 1.54) is 29.8 Å². The minimum atomic E-state index is 0.973. The lowest BCUT2D eigenvalue weighted by Crippen LogP contribution is -2.01. The molecule has 0 saturated carbocycles. The normalized spacial score (nSPS) is 14.8. The van der Waals surface area contributed by atoms with Crippen LogP contribution in [-0.2, 0) is 19.9 Å². The van der Waals surface area contributed by atoms with E-state index in [-0.39, 0.29) is 0 Å². The molecule has 0 aliphatic heterocycles. The third-order valence-corrected chi connectivity index (χ3v) is 3.70. The molecule has 0 N–H and O–H groups in total. The van der Waals surface area contributed by atoms with E-state index < -0.39 is 0 Å². The first kappa shape index (κ1) is 12.1. The molecule has 0 amide bonds. The predicted molar refractivity (Wildman–Crippen MR) is 75.5 cm³/mol. The van der Waals surface area contributed by atoms with Gasteiger partial charge in [0.25, 0.3) is 0 Å². The molecule has 0 radical (unpaired) electrons. The third kappa shape index (κ3) is 2.30. The quantitative estimate of drug-likeness (QED) is 0.827. The summed E-state index contributed by atoms with van der Waals surface area (Å²) in [5.41, 5.74) is 5.97. The maximum absolute atomic E-state index is 4.62. The SMILES string of the molecule is Cc1cncnc1C=Cc1c2c(nn1C)CCCC2. The summed E-state index contributed by atoms with van der Waals surface area (Å²) in [6.07, 6.45) is 12.4. The number of rotatable bonds is 2. The summed E-state index contributed by atoms with van der Waals surface area (Å²) in [4.78, 5) is 8.31. The van der Waals surface area contributed by atoms with Crippen molar-refractivity contribution in [1.82, 2.24) is 19.7 Å². The van der Waals surface area contributed by atoms with Crippen LogP contribution in [0.25, 0.3) is 12.2 Å². The van der Waals surface area contributed by atoms with Crippen molar-refractivity contribution in [1.29, 1.82) is 0 Å². The number of aromatic nitrogens is 4. The Morgan fingerprint density at radius 3 is 2.89 bits per heavy atom. The van der Waals surface area contributed by atoms with E-state index >= 15 is 0 Å². The van der Waals surface area contributed by atoms with Gasteiger partial charge in [-0.25, -0.2) is 9.97 Å². The van der Waals surface area contributed by atoms with Crippen LogP contribution in [0.15, 0.2) is 12.5 Å². The van der Waals surface area contributed by atoms with Gasteiger partial charge in [0.15, 0.2) is 0 Å². The molecule has 4 heteroatoms. The van der Waals surface area contributed by atoms with Crippen LogP contribution < -0.4 is 0 Å².